The lowest BCUT2D eigenvalue weighted by atomic mass is 10.2. The van der Waals surface area contributed by atoms with Crippen LogP contribution < -0.4 is 10.6 Å². The van der Waals surface area contributed by atoms with Crippen molar-refractivity contribution in [3.8, 4) is 0 Å². The highest BCUT2D eigenvalue weighted by atomic mass is 35.5. The van der Waals surface area contributed by atoms with Gasteiger partial charge in [-0.15, -0.1) is 0 Å². The van der Waals surface area contributed by atoms with Crippen molar-refractivity contribution in [2.75, 3.05) is 24.7 Å². The highest BCUT2D eigenvalue weighted by Gasteiger charge is 2.30. The van der Waals surface area contributed by atoms with Crippen LogP contribution in [0.15, 0.2) is 0 Å². The third kappa shape index (κ3) is 2.79. The maximum Gasteiger partial charge on any atom is 0.242 e. The first-order valence-electron chi connectivity index (χ1n) is 6.21. The van der Waals surface area contributed by atoms with Crippen LogP contribution in [0.25, 0.3) is 0 Å². The molecule has 0 saturated carbocycles. The lowest BCUT2D eigenvalue weighted by molar-refractivity contribution is -0.121. The molecule has 0 bridgehead atoms. The molecular formula is C12H17ClN4O2. The second-order valence-corrected chi connectivity index (χ2v) is 4.78. The number of amides is 1. The Morgan fingerprint density at radius 1 is 1.58 bits per heavy atom. The van der Waals surface area contributed by atoms with Gasteiger partial charge in [0.05, 0.1) is 13.2 Å². The number of carbonyl (C=O) groups excluding carboxylic acids is 1. The highest BCUT2D eigenvalue weighted by Crippen LogP contribution is 2.26. The Labute approximate surface area is 116 Å². The predicted molar refractivity (Wildman–Crippen MR) is 72.3 cm³/mol. The summed E-state index contributed by atoms with van der Waals surface area (Å²) in [7, 11) is 0. The first-order chi connectivity index (χ1) is 9.04. The molecule has 104 valence electrons. The fourth-order valence-electron chi connectivity index (χ4n) is 2.05. The normalized spacial score (nSPS) is 19.5. The fourth-order valence-corrected chi connectivity index (χ4v) is 2.23. The van der Waals surface area contributed by atoms with E-state index in [-0.39, 0.29) is 6.61 Å². The summed E-state index contributed by atoms with van der Waals surface area (Å²) in [6.45, 7) is 5.16. The maximum atomic E-state index is 11.5. The van der Waals surface area contributed by atoms with Gasteiger partial charge in [-0.1, -0.05) is 18.5 Å². The van der Waals surface area contributed by atoms with Gasteiger partial charge in [0.25, 0.3) is 0 Å². The summed E-state index contributed by atoms with van der Waals surface area (Å²) in [5.74, 6) is 0.899. The summed E-state index contributed by atoms with van der Waals surface area (Å²) in [5.41, 5.74) is 6.17. The number of morpholine rings is 1. The summed E-state index contributed by atoms with van der Waals surface area (Å²) in [5, 5.41) is 0.413. The summed E-state index contributed by atoms with van der Waals surface area (Å²) < 4.78 is 5.30. The minimum absolute atomic E-state index is 0.276. The molecule has 0 aromatic carbocycles. The number of carbonyl (C=O) groups is 1. The van der Waals surface area contributed by atoms with Crippen molar-refractivity contribution >= 4 is 23.3 Å². The monoisotopic (exact) mass is 284 g/mol. The van der Waals surface area contributed by atoms with Crippen molar-refractivity contribution < 1.29 is 9.53 Å². The Morgan fingerprint density at radius 3 is 2.95 bits per heavy atom. The van der Waals surface area contributed by atoms with Gasteiger partial charge in [0.2, 0.25) is 5.91 Å². The number of halogens is 1. The second-order valence-electron chi connectivity index (χ2n) is 4.42. The first-order valence-corrected chi connectivity index (χ1v) is 6.59. The molecule has 1 amide bonds. The van der Waals surface area contributed by atoms with Gasteiger partial charge in [-0.25, -0.2) is 9.97 Å². The molecule has 19 heavy (non-hydrogen) atoms. The molecule has 1 aliphatic heterocycles. The largest absolute Gasteiger partial charge is 0.377 e. The summed E-state index contributed by atoms with van der Waals surface area (Å²) in [6.07, 6.45) is 0.679. The molecule has 0 spiro atoms. The van der Waals surface area contributed by atoms with E-state index in [9.17, 15) is 4.79 Å². The van der Waals surface area contributed by atoms with Gasteiger partial charge >= 0.3 is 0 Å². The quantitative estimate of drug-likeness (QED) is 0.826. The van der Waals surface area contributed by atoms with E-state index in [0.717, 1.165) is 5.56 Å². The minimum Gasteiger partial charge on any atom is -0.377 e. The number of nitrogens with zero attached hydrogens (tertiary/aromatic N) is 3. The van der Waals surface area contributed by atoms with Crippen molar-refractivity contribution in [3.63, 3.8) is 0 Å². The number of rotatable bonds is 3. The van der Waals surface area contributed by atoms with Crippen LogP contribution in [-0.2, 0) is 16.0 Å². The number of aromatic nitrogens is 2. The van der Waals surface area contributed by atoms with Gasteiger partial charge in [0.15, 0.2) is 0 Å². The van der Waals surface area contributed by atoms with Crippen molar-refractivity contribution in [2.24, 2.45) is 5.73 Å². The Hall–Kier alpha value is -1.40. The topological polar surface area (TPSA) is 81.3 Å². The zero-order chi connectivity index (χ0) is 14.0. The summed E-state index contributed by atoms with van der Waals surface area (Å²) >= 11 is 6.12. The van der Waals surface area contributed by atoms with E-state index in [2.05, 4.69) is 9.97 Å². The molecule has 1 aliphatic rings. The first kappa shape index (κ1) is 14.0. The molecule has 7 heteroatoms. The number of hydrogen-bond acceptors (Lipinski definition) is 5. The highest BCUT2D eigenvalue weighted by molar-refractivity contribution is 6.30. The van der Waals surface area contributed by atoms with Crippen molar-refractivity contribution in [1.82, 2.24) is 9.97 Å². The van der Waals surface area contributed by atoms with Crippen LogP contribution in [0.4, 0.5) is 5.82 Å². The van der Waals surface area contributed by atoms with Gasteiger partial charge in [0, 0.05) is 18.5 Å². The molecule has 2 rings (SSSR count). The minimum atomic E-state index is -0.511. The van der Waals surface area contributed by atoms with Crippen molar-refractivity contribution in [2.45, 2.75) is 26.3 Å². The lowest BCUT2D eigenvalue weighted by Gasteiger charge is -2.35. The molecule has 2 heterocycles. The van der Waals surface area contributed by atoms with Crippen molar-refractivity contribution in [1.29, 1.82) is 0 Å². The van der Waals surface area contributed by atoms with E-state index in [1.807, 2.05) is 18.7 Å². The number of nitrogens with two attached hydrogens (primary N) is 1. The van der Waals surface area contributed by atoms with Crippen LogP contribution in [0.1, 0.15) is 18.3 Å². The van der Waals surface area contributed by atoms with Crippen LogP contribution in [0.3, 0.4) is 0 Å². The van der Waals surface area contributed by atoms with E-state index >= 15 is 0 Å². The summed E-state index contributed by atoms with van der Waals surface area (Å²) in [6, 6.07) is -0.511. The van der Waals surface area contributed by atoms with Crippen LogP contribution in [0.2, 0.25) is 5.15 Å². The number of primary amides is 1. The zero-order valence-corrected chi connectivity index (χ0v) is 11.8. The van der Waals surface area contributed by atoms with Crippen LogP contribution >= 0.6 is 11.6 Å². The SMILES string of the molecule is CCc1nc(Cl)c(C)c(N2CCOCC2C(N)=O)n1. The third-order valence-electron chi connectivity index (χ3n) is 3.15. The maximum absolute atomic E-state index is 11.5. The van der Waals surface area contributed by atoms with E-state index in [1.54, 1.807) is 0 Å². The average molecular weight is 285 g/mol. The number of aryl methyl sites for hydroxylation is 1. The van der Waals surface area contributed by atoms with Crippen LogP contribution in [0, 0.1) is 6.92 Å². The molecule has 0 radical (unpaired) electrons. The number of anilines is 1. The van der Waals surface area contributed by atoms with Crippen molar-refractivity contribution in [3.05, 3.63) is 16.5 Å². The second kappa shape index (κ2) is 5.71. The molecule has 1 atom stereocenters. The fraction of sp³-hybridized carbons (Fsp3) is 0.583. The molecule has 1 aromatic rings. The van der Waals surface area contributed by atoms with E-state index in [1.165, 1.54) is 0 Å². The average Bonchev–Trinajstić information content (AvgIpc) is 2.41. The zero-order valence-electron chi connectivity index (χ0n) is 11.0. The van der Waals surface area contributed by atoms with Crippen LogP contribution in [0.5, 0.6) is 0 Å². The van der Waals surface area contributed by atoms with Gasteiger partial charge in [-0.2, -0.15) is 0 Å². The third-order valence-corrected chi connectivity index (χ3v) is 3.52. The Balaban J connectivity index is 2.43. The standard InChI is InChI=1S/C12H17ClN4O2/c1-3-9-15-10(13)7(2)12(16-9)17-4-5-19-6-8(17)11(14)18/h8H,3-6H2,1-2H3,(H2,14,18). The molecule has 6 nitrogen and oxygen atoms in total. The lowest BCUT2D eigenvalue weighted by Crippen LogP contribution is -2.53. The molecule has 1 saturated heterocycles. The Morgan fingerprint density at radius 2 is 2.32 bits per heavy atom. The van der Waals surface area contributed by atoms with Gasteiger partial charge in [-0.05, 0) is 6.92 Å². The molecule has 1 unspecified atom stereocenters. The number of hydrogen-bond donors (Lipinski definition) is 1. The molecule has 1 aromatic heterocycles. The predicted octanol–water partition coefficient (Wildman–Crippen LogP) is 0.691. The Bertz CT molecular complexity index is 495. The molecule has 2 N–H and O–H groups in total. The van der Waals surface area contributed by atoms with E-state index in [0.29, 0.717) is 36.4 Å². The molecule has 0 aliphatic carbocycles. The van der Waals surface area contributed by atoms with Gasteiger partial charge in [0.1, 0.15) is 22.8 Å². The summed E-state index contributed by atoms with van der Waals surface area (Å²) in [4.78, 5) is 22.0. The van der Waals surface area contributed by atoms with E-state index in [4.69, 9.17) is 22.1 Å². The molecular weight excluding hydrogens is 268 g/mol. The van der Waals surface area contributed by atoms with Gasteiger partial charge in [-0.3, -0.25) is 4.79 Å². The molecule has 1 fully saturated rings. The smallest absolute Gasteiger partial charge is 0.242 e. The number of ether oxygens (including phenoxy) is 1. The van der Waals surface area contributed by atoms with E-state index < -0.39 is 11.9 Å². The Kier molecular flexibility index (Phi) is 4.21. The van der Waals surface area contributed by atoms with Crippen LogP contribution in [-0.4, -0.2) is 41.7 Å². The van der Waals surface area contributed by atoms with Gasteiger partial charge < -0.3 is 15.4 Å².